The number of aromatic nitrogens is 1. The zero-order valence-corrected chi connectivity index (χ0v) is 14.7. The minimum Gasteiger partial charge on any atom is -0.454 e. The number of rotatable bonds is 5. The average molecular weight is 354 g/mol. The molecule has 0 saturated carbocycles. The Morgan fingerprint density at radius 3 is 2.92 bits per heavy atom. The van der Waals surface area contributed by atoms with Gasteiger partial charge in [0.05, 0.1) is 6.54 Å². The van der Waals surface area contributed by atoms with Gasteiger partial charge >= 0.3 is 0 Å². The number of carbonyl (C=O) groups is 1. The van der Waals surface area contributed by atoms with Gasteiger partial charge in [0.25, 0.3) is 5.91 Å². The van der Waals surface area contributed by atoms with Crippen LogP contribution in [0.15, 0.2) is 54.0 Å². The van der Waals surface area contributed by atoms with Crippen molar-refractivity contribution in [3.63, 3.8) is 0 Å². The Balaban J connectivity index is 1.48. The topological polar surface area (TPSA) is 43.7 Å². The molecule has 25 heavy (non-hydrogen) atoms. The third-order valence-corrected chi connectivity index (χ3v) is 5.02. The van der Waals surface area contributed by atoms with Crippen LogP contribution in [0.1, 0.15) is 20.9 Å². The minimum atomic E-state index is -0.000719. The van der Waals surface area contributed by atoms with Gasteiger partial charge in [-0.05, 0) is 41.3 Å². The van der Waals surface area contributed by atoms with Crippen LogP contribution >= 0.6 is 11.3 Å². The van der Waals surface area contributed by atoms with Gasteiger partial charge in [0.1, 0.15) is 5.69 Å². The molecular weight excluding hydrogens is 336 g/mol. The van der Waals surface area contributed by atoms with E-state index < -0.39 is 0 Å². The summed E-state index contributed by atoms with van der Waals surface area (Å²) in [5.74, 6) is 1.49. The van der Waals surface area contributed by atoms with E-state index in [9.17, 15) is 4.79 Å². The van der Waals surface area contributed by atoms with Gasteiger partial charge in [-0.1, -0.05) is 12.1 Å². The fraction of sp³-hybridized carbons (Fsp3) is 0.211. The molecule has 128 valence electrons. The Morgan fingerprint density at radius 1 is 1.20 bits per heavy atom. The molecule has 4 rings (SSSR count). The first kappa shape index (κ1) is 15.8. The fourth-order valence-electron chi connectivity index (χ4n) is 2.90. The largest absolute Gasteiger partial charge is 0.454 e. The summed E-state index contributed by atoms with van der Waals surface area (Å²) in [6.07, 6.45) is 1.95. The molecule has 0 radical (unpaired) electrons. The number of hydrogen-bond donors (Lipinski definition) is 0. The lowest BCUT2D eigenvalue weighted by Crippen LogP contribution is -2.28. The summed E-state index contributed by atoms with van der Waals surface area (Å²) < 4.78 is 12.7. The van der Waals surface area contributed by atoms with Crippen LogP contribution < -0.4 is 9.47 Å². The van der Waals surface area contributed by atoms with Crippen LogP contribution in [0.3, 0.4) is 0 Å². The third-order valence-electron chi connectivity index (χ3n) is 4.16. The Kier molecular flexibility index (Phi) is 4.19. The molecular formula is C19H18N2O3S. The van der Waals surface area contributed by atoms with Crippen LogP contribution in [0.5, 0.6) is 11.5 Å². The zero-order valence-electron chi connectivity index (χ0n) is 13.8. The molecule has 5 nitrogen and oxygen atoms in total. The average Bonchev–Trinajstić information content (AvgIpc) is 3.35. The smallest absolute Gasteiger partial charge is 0.270 e. The van der Waals surface area contributed by atoms with E-state index in [0.717, 1.165) is 17.1 Å². The van der Waals surface area contributed by atoms with Crippen LogP contribution in [0.25, 0.3) is 0 Å². The molecule has 6 heteroatoms. The van der Waals surface area contributed by atoms with Crippen LogP contribution in [-0.2, 0) is 13.1 Å². The molecule has 0 atom stereocenters. The number of carbonyl (C=O) groups excluding carboxylic acids is 1. The first-order valence-corrected chi connectivity index (χ1v) is 8.90. The van der Waals surface area contributed by atoms with Gasteiger partial charge in [0, 0.05) is 24.7 Å². The molecule has 2 aromatic heterocycles. The van der Waals surface area contributed by atoms with Crippen LogP contribution in [0, 0.1) is 0 Å². The highest BCUT2D eigenvalue weighted by Gasteiger charge is 2.18. The van der Waals surface area contributed by atoms with Crippen molar-refractivity contribution < 1.29 is 14.3 Å². The number of thiophene rings is 1. The summed E-state index contributed by atoms with van der Waals surface area (Å²) in [5, 5.41) is 2.05. The monoisotopic (exact) mass is 354 g/mol. The van der Waals surface area contributed by atoms with Crippen molar-refractivity contribution >= 4 is 17.2 Å². The molecule has 1 amide bonds. The van der Waals surface area contributed by atoms with E-state index in [2.05, 4.69) is 6.07 Å². The Hall–Kier alpha value is -2.73. The van der Waals surface area contributed by atoms with Gasteiger partial charge in [0.15, 0.2) is 11.5 Å². The van der Waals surface area contributed by atoms with E-state index in [4.69, 9.17) is 9.47 Å². The zero-order chi connectivity index (χ0) is 17.2. The predicted octanol–water partition coefficient (Wildman–Crippen LogP) is 3.60. The lowest BCUT2D eigenvalue weighted by atomic mass is 10.2. The van der Waals surface area contributed by atoms with Crippen molar-refractivity contribution in [2.75, 3.05) is 13.8 Å². The van der Waals surface area contributed by atoms with E-state index in [1.807, 2.05) is 59.6 Å². The maximum Gasteiger partial charge on any atom is 0.270 e. The first-order valence-electron chi connectivity index (χ1n) is 8.02. The fourth-order valence-corrected chi connectivity index (χ4v) is 3.60. The van der Waals surface area contributed by atoms with Gasteiger partial charge < -0.3 is 18.9 Å². The first-order chi connectivity index (χ1) is 12.2. The number of amides is 1. The second kappa shape index (κ2) is 6.64. The molecule has 1 aliphatic rings. The summed E-state index contributed by atoms with van der Waals surface area (Å²) >= 11 is 1.69. The molecule has 0 aliphatic carbocycles. The van der Waals surface area contributed by atoms with Crippen molar-refractivity contribution in [3.8, 4) is 11.5 Å². The summed E-state index contributed by atoms with van der Waals surface area (Å²) in [5.41, 5.74) is 1.70. The van der Waals surface area contributed by atoms with E-state index in [0.29, 0.717) is 18.8 Å². The van der Waals surface area contributed by atoms with Gasteiger partial charge in [-0.2, -0.15) is 0 Å². The lowest BCUT2D eigenvalue weighted by Gasteiger charge is -2.18. The summed E-state index contributed by atoms with van der Waals surface area (Å²) in [7, 11) is 1.81. The molecule has 0 fully saturated rings. The second-order valence-corrected chi connectivity index (χ2v) is 6.98. The molecule has 0 spiro atoms. The van der Waals surface area contributed by atoms with Crippen LogP contribution in [0.4, 0.5) is 0 Å². The normalized spacial score (nSPS) is 12.4. The maximum atomic E-state index is 12.8. The standard InChI is InChI=1S/C19H18N2O3S/c1-20(11-14-6-7-17-18(10-14)24-13-23-17)19(22)16-5-2-8-21(16)12-15-4-3-9-25-15/h2-10H,11-13H2,1H3. The van der Waals surface area contributed by atoms with Crippen molar-refractivity contribution in [1.82, 2.24) is 9.47 Å². The molecule has 3 aromatic rings. The van der Waals surface area contributed by atoms with Crippen molar-refractivity contribution in [2.45, 2.75) is 13.1 Å². The summed E-state index contributed by atoms with van der Waals surface area (Å²) in [6.45, 7) is 1.48. The molecule has 0 unspecified atom stereocenters. The van der Waals surface area contributed by atoms with Gasteiger partial charge in [-0.3, -0.25) is 4.79 Å². The van der Waals surface area contributed by atoms with Crippen molar-refractivity contribution in [3.05, 3.63) is 70.2 Å². The Labute approximate surface area is 150 Å². The SMILES string of the molecule is CN(Cc1ccc2c(c1)OCO2)C(=O)c1cccn1Cc1cccs1. The Bertz CT molecular complexity index is 886. The van der Waals surface area contributed by atoms with Gasteiger partial charge in [-0.15, -0.1) is 11.3 Å². The second-order valence-electron chi connectivity index (χ2n) is 5.95. The Morgan fingerprint density at radius 2 is 2.08 bits per heavy atom. The number of ether oxygens (including phenoxy) is 2. The highest BCUT2D eigenvalue weighted by molar-refractivity contribution is 7.09. The third kappa shape index (κ3) is 3.25. The lowest BCUT2D eigenvalue weighted by molar-refractivity contribution is 0.0774. The number of hydrogen-bond acceptors (Lipinski definition) is 4. The van der Waals surface area contributed by atoms with Crippen LogP contribution in [0.2, 0.25) is 0 Å². The molecule has 1 aliphatic heterocycles. The number of nitrogens with zero attached hydrogens (tertiary/aromatic N) is 2. The minimum absolute atomic E-state index is 0.000719. The van der Waals surface area contributed by atoms with E-state index in [1.54, 1.807) is 16.2 Å². The molecule has 0 saturated heterocycles. The number of benzene rings is 1. The molecule has 3 heterocycles. The predicted molar refractivity (Wildman–Crippen MR) is 96.2 cm³/mol. The summed E-state index contributed by atoms with van der Waals surface area (Å²) in [4.78, 5) is 15.8. The quantitative estimate of drug-likeness (QED) is 0.703. The van der Waals surface area contributed by atoms with E-state index in [1.165, 1.54) is 4.88 Å². The number of fused-ring (bicyclic) bond motifs is 1. The highest BCUT2D eigenvalue weighted by atomic mass is 32.1. The summed E-state index contributed by atoms with van der Waals surface area (Å²) in [6, 6.07) is 13.7. The highest BCUT2D eigenvalue weighted by Crippen LogP contribution is 2.32. The van der Waals surface area contributed by atoms with E-state index >= 15 is 0 Å². The molecule has 0 N–H and O–H groups in total. The van der Waals surface area contributed by atoms with Crippen molar-refractivity contribution in [2.24, 2.45) is 0 Å². The van der Waals surface area contributed by atoms with Crippen LogP contribution in [-0.4, -0.2) is 29.2 Å². The van der Waals surface area contributed by atoms with E-state index in [-0.39, 0.29) is 12.7 Å². The van der Waals surface area contributed by atoms with Gasteiger partial charge in [-0.25, -0.2) is 0 Å². The van der Waals surface area contributed by atoms with Crippen molar-refractivity contribution in [1.29, 1.82) is 0 Å². The molecule has 1 aromatic carbocycles. The maximum absolute atomic E-state index is 12.8. The van der Waals surface area contributed by atoms with Gasteiger partial charge in [0.2, 0.25) is 6.79 Å². The molecule has 0 bridgehead atoms.